The maximum atomic E-state index is 13.1. The number of ether oxygens (including phenoxy) is 1. The molecule has 0 heterocycles. The van der Waals surface area contributed by atoms with Crippen LogP contribution < -0.4 is 15.8 Å². The van der Waals surface area contributed by atoms with Gasteiger partial charge >= 0.3 is 0 Å². The lowest BCUT2D eigenvalue weighted by molar-refractivity contribution is 0.102. The predicted octanol–water partition coefficient (Wildman–Crippen LogP) is 2.74. The van der Waals surface area contributed by atoms with Crippen molar-refractivity contribution in [2.24, 2.45) is 5.73 Å². The van der Waals surface area contributed by atoms with Crippen molar-refractivity contribution in [1.82, 2.24) is 0 Å². The number of anilines is 1. The van der Waals surface area contributed by atoms with Crippen molar-refractivity contribution < 1.29 is 13.9 Å². The first-order valence-corrected chi connectivity index (χ1v) is 6.54. The molecule has 6 heteroatoms. The van der Waals surface area contributed by atoms with Crippen molar-refractivity contribution in [1.29, 1.82) is 0 Å². The molecule has 0 saturated carbocycles. The van der Waals surface area contributed by atoms with Crippen molar-refractivity contribution >= 4 is 28.8 Å². The van der Waals surface area contributed by atoms with Crippen LogP contribution >= 0.6 is 12.2 Å². The molecule has 0 aliphatic heterocycles. The van der Waals surface area contributed by atoms with Gasteiger partial charge in [0.15, 0.2) is 0 Å². The number of carbonyl (C=O) groups is 1. The van der Waals surface area contributed by atoms with Crippen molar-refractivity contribution in [2.45, 2.75) is 0 Å². The standard InChI is InChI=1S/C15H13FN2O2S/c16-11-5-3-4-10(8-11)15(19)18-12-6-1-2-7-13(12)20-9-14(17)21/h1-8H,9H2,(H2,17,21)(H,18,19). The average Bonchev–Trinajstić information content (AvgIpc) is 2.46. The van der Waals surface area contributed by atoms with Crippen molar-refractivity contribution in [3.8, 4) is 5.75 Å². The third-order valence-electron chi connectivity index (χ3n) is 2.59. The van der Waals surface area contributed by atoms with Crippen LogP contribution in [0, 0.1) is 5.82 Å². The number of para-hydroxylation sites is 2. The highest BCUT2D eigenvalue weighted by Crippen LogP contribution is 2.24. The van der Waals surface area contributed by atoms with Crippen LogP contribution in [0.4, 0.5) is 10.1 Å². The molecule has 0 spiro atoms. The van der Waals surface area contributed by atoms with Gasteiger partial charge in [-0.15, -0.1) is 0 Å². The van der Waals surface area contributed by atoms with E-state index in [9.17, 15) is 9.18 Å². The second kappa shape index (κ2) is 6.81. The third-order valence-corrected chi connectivity index (χ3v) is 2.71. The van der Waals surface area contributed by atoms with Crippen LogP contribution in [-0.4, -0.2) is 17.5 Å². The van der Waals surface area contributed by atoms with Gasteiger partial charge in [-0.1, -0.05) is 30.4 Å². The molecule has 0 fully saturated rings. The molecule has 108 valence electrons. The Labute approximate surface area is 126 Å². The second-order valence-electron chi connectivity index (χ2n) is 4.22. The molecule has 2 aromatic rings. The summed E-state index contributed by atoms with van der Waals surface area (Å²) in [7, 11) is 0. The van der Waals surface area contributed by atoms with E-state index in [1.54, 1.807) is 24.3 Å². The highest BCUT2D eigenvalue weighted by molar-refractivity contribution is 7.80. The van der Waals surface area contributed by atoms with Crippen LogP contribution in [0.1, 0.15) is 10.4 Å². The number of nitrogens with one attached hydrogen (secondary N) is 1. The Bertz CT molecular complexity index is 676. The molecule has 2 aromatic carbocycles. The SMILES string of the molecule is NC(=S)COc1ccccc1NC(=O)c1cccc(F)c1. The van der Waals surface area contributed by atoms with E-state index in [0.29, 0.717) is 11.4 Å². The van der Waals surface area contributed by atoms with Gasteiger partial charge in [-0.25, -0.2) is 4.39 Å². The number of hydrogen-bond acceptors (Lipinski definition) is 3. The molecule has 0 atom stereocenters. The fourth-order valence-electron chi connectivity index (χ4n) is 1.67. The highest BCUT2D eigenvalue weighted by atomic mass is 32.1. The Kier molecular flexibility index (Phi) is 4.84. The molecular weight excluding hydrogens is 291 g/mol. The monoisotopic (exact) mass is 304 g/mol. The van der Waals surface area contributed by atoms with Crippen molar-refractivity contribution in [2.75, 3.05) is 11.9 Å². The van der Waals surface area contributed by atoms with E-state index >= 15 is 0 Å². The summed E-state index contributed by atoms with van der Waals surface area (Å²) in [5, 5.41) is 2.66. The lowest BCUT2D eigenvalue weighted by atomic mass is 10.2. The Balaban J connectivity index is 2.15. The molecule has 4 nitrogen and oxygen atoms in total. The van der Waals surface area contributed by atoms with Gasteiger partial charge in [-0.2, -0.15) is 0 Å². The second-order valence-corrected chi connectivity index (χ2v) is 4.74. The quantitative estimate of drug-likeness (QED) is 0.834. The molecule has 21 heavy (non-hydrogen) atoms. The zero-order valence-electron chi connectivity index (χ0n) is 11.0. The van der Waals surface area contributed by atoms with E-state index in [2.05, 4.69) is 5.32 Å². The molecule has 0 saturated heterocycles. The number of carbonyl (C=O) groups excluding carboxylic acids is 1. The predicted molar refractivity (Wildman–Crippen MR) is 83.1 cm³/mol. The Morgan fingerprint density at radius 3 is 2.71 bits per heavy atom. The molecule has 0 aromatic heterocycles. The summed E-state index contributed by atoms with van der Waals surface area (Å²) in [6, 6.07) is 12.3. The molecule has 0 radical (unpaired) electrons. The Morgan fingerprint density at radius 2 is 2.00 bits per heavy atom. The van der Waals surface area contributed by atoms with E-state index in [1.165, 1.54) is 18.2 Å². The average molecular weight is 304 g/mol. The summed E-state index contributed by atoms with van der Waals surface area (Å²) in [5.74, 6) is -0.461. The lowest BCUT2D eigenvalue weighted by Crippen LogP contribution is -2.19. The first-order chi connectivity index (χ1) is 10.1. The van der Waals surface area contributed by atoms with Gasteiger partial charge < -0.3 is 15.8 Å². The minimum atomic E-state index is -0.472. The van der Waals surface area contributed by atoms with Crippen LogP contribution in [0.3, 0.4) is 0 Å². The van der Waals surface area contributed by atoms with Gasteiger partial charge in [0.2, 0.25) is 0 Å². The first kappa shape index (κ1) is 14.9. The summed E-state index contributed by atoms with van der Waals surface area (Å²) in [6.07, 6.45) is 0. The van der Waals surface area contributed by atoms with Crippen LogP contribution in [0.2, 0.25) is 0 Å². The lowest BCUT2D eigenvalue weighted by Gasteiger charge is -2.12. The normalized spacial score (nSPS) is 9.95. The number of rotatable bonds is 5. The number of halogens is 1. The highest BCUT2D eigenvalue weighted by Gasteiger charge is 2.10. The van der Waals surface area contributed by atoms with E-state index in [0.717, 1.165) is 6.07 Å². The molecular formula is C15H13FN2O2S. The number of hydrogen-bond donors (Lipinski definition) is 2. The molecule has 3 N–H and O–H groups in total. The topological polar surface area (TPSA) is 64.3 Å². The van der Waals surface area contributed by atoms with Gasteiger partial charge in [0.25, 0.3) is 5.91 Å². The van der Waals surface area contributed by atoms with Gasteiger partial charge in [0.1, 0.15) is 23.2 Å². The molecule has 0 bridgehead atoms. The maximum Gasteiger partial charge on any atom is 0.255 e. The largest absolute Gasteiger partial charge is 0.484 e. The number of benzene rings is 2. The fraction of sp³-hybridized carbons (Fsp3) is 0.0667. The maximum absolute atomic E-state index is 13.1. The van der Waals surface area contributed by atoms with Gasteiger partial charge in [-0.05, 0) is 30.3 Å². The first-order valence-electron chi connectivity index (χ1n) is 6.13. The van der Waals surface area contributed by atoms with Crippen molar-refractivity contribution in [3.05, 3.63) is 59.9 Å². The molecule has 0 aliphatic rings. The minimum Gasteiger partial charge on any atom is -0.484 e. The van der Waals surface area contributed by atoms with E-state index in [-0.39, 0.29) is 17.2 Å². The van der Waals surface area contributed by atoms with Crippen LogP contribution in [0.15, 0.2) is 48.5 Å². The summed E-state index contributed by atoms with van der Waals surface area (Å²) in [6.45, 7) is 0.0716. The molecule has 1 amide bonds. The van der Waals surface area contributed by atoms with E-state index in [1.807, 2.05) is 0 Å². The smallest absolute Gasteiger partial charge is 0.255 e. The number of amides is 1. The Morgan fingerprint density at radius 1 is 1.24 bits per heavy atom. The summed E-state index contributed by atoms with van der Waals surface area (Å²) >= 11 is 4.74. The minimum absolute atomic E-state index is 0.0716. The van der Waals surface area contributed by atoms with Gasteiger partial charge in [0.05, 0.1) is 5.69 Å². The third kappa shape index (κ3) is 4.25. The Hall–Kier alpha value is -2.47. The summed E-state index contributed by atoms with van der Waals surface area (Å²) in [5.41, 5.74) is 6.06. The van der Waals surface area contributed by atoms with Crippen LogP contribution in [-0.2, 0) is 0 Å². The van der Waals surface area contributed by atoms with E-state index < -0.39 is 11.7 Å². The van der Waals surface area contributed by atoms with E-state index in [4.69, 9.17) is 22.7 Å². The molecule has 0 aliphatic carbocycles. The molecule has 0 unspecified atom stereocenters. The summed E-state index contributed by atoms with van der Waals surface area (Å²) < 4.78 is 18.5. The van der Waals surface area contributed by atoms with Crippen LogP contribution in [0.25, 0.3) is 0 Å². The van der Waals surface area contributed by atoms with Crippen LogP contribution in [0.5, 0.6) is 5.75 Å². The summed E-state index contributed by atoms with van der Waals surface area (Å²) in [4.78, 5) is 12.3. The zero-order chi connectivity index (χ0) is 15.2. The van der Waals surface area contributed by atoms with Gasteiger partial charge in [-0.3, -0.25) is 4.79 Å². The fourth-order valence-corrected chi connectivity index (χ4v) is 1.73. The van der Waals surface area contributed by atoms with Gasteiger partial charge in [0, 0.05) is 5.56 Å². The zero-order valence-corrected chi connectivity index (χ0v) is 11.8. The van der Waals surface area contributed by atoms with Crippen molar-refractivity contribution in [3.63, 3.8) is 0 Å². The number of thiocarbonyl (C=S) groups is 1. The molecule has 2 rings (SSSR count). The number of nitrogens with two attached hydrogens (primary N) is 1.